The summed E-state index contributed by atoms with van der Waals surface area (Å²) in [6.07, 6.45) is -0.233. The molecule has 1 aromatic carbocycles. The number of nitrogens with one attached hydrogen (secondary N) is 1. The van der Waals surface area contributed by atoms with Crippen LogP contribution in [0, 0.1) is 17.7 Å². The predicted octanol–water partition coefficient (Wildman–Crippen LogP) is 4.86. The summed E-state index contributed by atoms with van der Waals surface area (Å²) in [4.78, 5) is 36.5. The maximum atomic E-state index is 15.7. The van der Waals surface area contributed by atoms with Gasteiger partial charge in [0.15, 0.2) is 0 Å². The van der Waals surface area contributed by atoms with E-state index in [-0.39, 0.29) is 23.3 Å². The Kier molecular flexibility index (Phi) is 7.87. The highest BCUT2D eigenvalue weighted by atomic mass is 19.4. The number of alkyl halides is 3. The minimum absolute atomic E-state index is 0.0904. The van der Waals surface area contributed by atoms with Gasteiger partial charge in [0.1, 0.15) is 11.7 Å². The number of likely N-dealkylation sites (N-methyl/N-ethyl adjacent to an activating group) is 1. The normalized spacial score (nSPS) is 23.4. The molecule has 2 aliphatic heterocycles. The molecular formula is C29H31F4N5O3. The summed E-state index contributed by atoms with van der Waals surface area (Å²) >= 11 is 0. The van der Waals surface area contributed by atoms with Gasteiger partial charge in [-0.05, 0) is 63.4 Å². The SMILES string of the molecule is C[C@@H]1CN(c2cc(F)c(-c3ccnc(OCC4CC4)c3)cc2NC(=O)C2C=NC(=O)C=C2C(F)(F)F)C[C@H](C)N1C. The first kappa shape index (κ1) is 28.7. The van der Waals surface area contributed by atoms with Crippen molar-refractivity contribution in [3.63, 3.8) is 0 Å². The third kappa shape index (κ3) is 6.42. The fourth-order valence-corrected chi connectivity index (χ4v) is 5.06. The summed E-state index contributed by atoms with van der Waals surface area (Å²) in [5, 5.41) is 2.58. The van der Waals surface area contributed by atoms with E-state index in [1.54, 1.807) is 12.1 Å². The monoisotopic (exact) mass is 573 g/mol. The highest BCUT2D eigenvalue weighted by Gasteiger charge is 2.43. The third-order valence-electron chi connectivity index (χ3n) is 7.83. The van der Waals surface area contributed by atoms with Crippen LogP contribution in [-0.4, -0.2) is 72.9 Å². The van der Waals surface area contributed by atoms with Crippen LogP contribution in [0.5, 0.6) is 5.88 Å². The number of dihydropyridines is 1. The van der Waals surface area contributed by atoms with E-state index < -0.39 is 35.3 Å². The van der Waals surface area contributed by atoms with Crippen molar-refractivity contribution >= 4 is 29.4 Å². The summed E-state index contributed by atoms with van der Waals surface area (Å²) in [5.41, 5.74) is -0.276. The van der Waals surface area contributed by atoms with Crippen molar-refractivity contribution in [3.8, 4) is 17.0 Å². The fraction of sp³-hybridized carbons (Fsp3) is 0.448. The van der Waals surface area contributed by atoms with Crippen LogP contribution in [0.4, 0.5) is 28.9 Å². The molecule has 3 heterocycles. The molecule has 2 amide bonds. The number of aromatic nitrogens is 1. The Hall–Kier alpha value is -3.80. The molecule has 2 fully saturated rings. The fourth-order valence-electron chi connectivity index (χ4n) is 5.06. The molecule has 1 saturated heterocycles. The van der Waals surface area contributed by atoms with Gasteiger partial charge in [-0.2, -0.15) is 13.2 Å². The number of pyridine rings is 1. The second kappa shape index (κ2) is 11.2. The number of nitrogens with zero attached hydrogens (tertiary/aromatic N) is 4. The van der Waals surface area contributed by atoms with E-state index >= 15 is 4.39 Å². The first-order chi connectivity index (χ1) is 19.4. The minimum atomic E-state index is -4.92. The lowest BCUT2D eigenvalue weighted by Crippen LogP contribution is -2.55. The average Bonchev–Trinajstić information content (AvgIpc) is 3.75. The molecule has 1 aromatic heterocycles. The van der Waals surface area contributed by atoms with E-state index in [1.807, 2.05) is 25.8 Å². The van der Waals surface area contributed by atoms with E-state index in [2.05, 4.69) is 20.2 Å². The molecule has 41 heavy (non-hydrogen) atoms. The Morgan fingerprint density at radius 2 is 1.85 bits per heavy atom. The van der Waals surface area contributed by atoms with Crippen LogP contribution in [0.15, 0.2) is 47.1 Å². The predicted molar refractivity (Wildman–Crippen MR) is 147 cm³/mol. The number of ether oxygens (including phenoxy) is 1. The van der Waals surface area contributed by atoms with Crippen LogP contribution in [0.3, 0.4) is 0 Å². The third-order valence-corrected chi connectivity index (χ3v) is 7.83. The number of carbonyl (C=O) groups is 2. The van der Waals surface area contributed by atoms with Gasteiger partial charge >= 0.3 is 6.18 Å². The van der Waals surface area contributed by atoms with Crippen molar-refractivity contribution in [2.24, 2.45) is 16.8 Å². The van der Waals surface area contributed by atoms with Gasteiger partial charge in [0.2, 0.25) is 11.8 Å². The molecule has 1 saturated carbocycles. The summed E-state index contributed by atoms with van der Waals surface area (Å²) in [7, 11) is 1.99. The van der Waals surface area contributed by atoms with Gasteiger partial charge < -0.3 is 15.0 Å². The Labute approximate surface area is 235 Å². The van der Waals surface area contributed by atoms with Crippen LogP contribution >= 0.6 is 0 Å². The molecule has 0 radical (unpaired) electrons. The minimum Gasteiger partial charge on any atom is -0.477 e. The summed E-state index contributed by atoms with van der Waals surface area (Å²) in [6.45, 7) is 5.55. The number of carbonyl (C=O) groups excluding carboxylic acids is 2. The van der Waals surface area contributed by atoms with Crippen LogP contribution in [0.25, 0.3) is 11.1 Å². The number of piperazine rings is 1. The molecule has 2 aromatic rings. The van der Waals surface area contributed by atoms with Gasteiger partial charge in [-0.3, -0.25) is 14.5 Å². The smallest absolute Gasteiger partial charge is 0.414 e. The van der Waals surface area contributed by atoms with E-state index in [0.29, 0.717) is 55.0 Å². The number of anilines is 2. The Bertz CT molecular complexity index is 1390. The van der Waals surface area contributed by atoms with Gasteiger partial charge in [0.05, 0.1) is 23.6 Å². The van der Waals surface area contributed by atoms with E-state index in [4.69, 9.17) is 4.74 Å². The molecule has 218 valence electrons. The summed E-state index contributed by atoms with van der Waals surface area (Å²) in [6, 6.07) is 6.08. The quantitative estimate of drug-likeness (QED) is 0.477. The number of halogens is 4. The molecular weight excluding hydrogens is 542 g/mol. The van der Waals surface area contributed by atoms with Crippen LogP contribution in [-0.2, 0) is 9.59 Å². The molecule has 0 bridgehead atoms. The number of hydrogen-bond donors (Lipinski definition) is 1. The van der Waals surface area contributed by atoms with Crippen molar-refractivity contribution < 1.29 is 31.9 Å². The molecule has 1 N–H and O–H groups in total. The highest BCUT2D eigenvalue weighted by Crippen LogP contribution is 2.38. The van der Waals surface area contributed by atoms with Crippen molar-refractivity contribution in [1.29, 1.82) is 0 Å². The molecule has 8 nitrogen and oxygen atoms in total. The maximum absolute atomic E-state index is 15.7. The molecule has 1 unspecified atom stereocenters. The lowest BCUT2D eigenvalue weighted by Gasteiger charge is -2.44. The lowest BCUT2D eigenvalue weighted by molar-refractivity contribution is -0.124. The number of benzene rings is 1. The molecule has 5 rings (SSSR count). The Balaban J connectivity index is 1.52. The largest absolute Gasteiger partial charge is 0.477 e. The Morgan fingerprint density at radius 1 is 1.15 bits per heavy atom. The van der Waals surface area contributed by atoms with Crippen molar-refractivity contribution in [1.82, 2.24) is 9.88 Å². The van der Waals surface area contributed by atoms with Gasteiger partial charge in [-0.1, -0.05) is 0 Å². The van der Waals surface area contributed by atoms with Gasteiger partial charge in [0, 0.05) is 55.3 Å². The maximum Gasteiger partial charge on any atom is 0.414 e. The number of aliphatic imine (C=N–C) groups is 1. The summed E-state index contributed by atoms with van der Waals surface area (Å²) < 4.78 is 62.6. The zero-order chi connectivity index (χ0) is 29.5. The molecule has 3 atom stereocenters. The van der Waals surface area contributed by atoms with Crippen LogP contribution < -0.4 is 15.0 Å². The molecule has 1 aliphatic carbocycles. The zero-order valence-electron chi connectivity index (χ0n) is 22.9. The number of hydrogen-bond acceptors (Lipinski definition) is 6. The second-order valence-electron chi connectivity index (χ2n) is 10.9. The molecule has 0 spiro atoms. The van der Waals surface area contributed by atoms with E-state index in [0.717, 1.165) is 12.8 Å². The van der Waals surface area contributed by atoms with Crippen LogP contribution in [0.2, 0.25) is 0 Å². The second-order valence-corrected chi connectivity index (χ2v) is 10.9. The molecule has 3 aliphatic rings. The first-order valence-corrected chi connectivity index (χ1v) is 13.5. The number of amides is 2. The van der Waals surface area contributed by atoms with Crippen molar-refractivity contribution in [2.75, 3.05) is 37.0 Å². The van der Waals surface area contributed by atoms with Crippen molar-refractivity contribution in [3.05, 3.63) is 47.9 Å². The van der Waals surface area contributed by atoms with Gasteiger partial charge in [0.25, 0.3) is 5.91 Å². The van der Waals surface area contributed by atoms with Gasteiger partial charge in [-0.25, -0.2) is 14.4 Å². The highest BCUT2D eigenvalue weighted by molar-refractivity contribution is 6.11. The average molecular weight is 574 g/mol. The lowest BCUT2D eigenvalue weighted by atomic mass is 9.95. The standard InChI is InChI=1S/C29H31F4N5O3/c1-16-13-38(14-17(2)37(16)3)25-11-23(30)20(19-6-7-34-27(8-19)41-15-18-4-5-18)9-24(25)36-28(40)21-12-35-26(39)10-22(21)29(31,32)33/h6-12,16-18,21H,4-5,13-15H2,1-3H3,(H,36,40)/t16-,17+,21?. The van der Waals surface area contributed by atoms with E-state index in [9.17, 15) is 22.8 Å². The number of rotatable bonds is 7. The van der Waals surface area contributed by atoms with Gasteiger partial charge in [-0.15, -0.1) is 0 Å². The van der Waals surface area contributed by atoms with E-state index in [1.165, 1.54) is 18.3 Å². The Morgan fingerprint density at radius 3 is 2.51 bits per heavy atom. The van der Waals surface area contributed by atoms with Crippen molar-refractivity contribution in [2.45, 2.75) is 44.9 Å². The molecule has 12 heteroatoms. The topological polar surface area (TPSA) is 87.1 Å². The summed E-state index contributed by atoms with van der Waals surface area (Å²) in [5.74, 6) is -3.74. The van der Waals surface area contributed by atoms with Crippen LogP contribution in [0.1, 0.15) is 26.7 Å². The first-order valence-electron chi connectivity index (χ1n) is 13.5. The zero-order valence-corrected chi connectivity index (χ0v) is 22.9.